The molecule has 0 unspecified atom stereocenters. The van der Waals surface area contributed by atoms with Gasteiger partial charge in [-0.25, -0.2) is 29.5 Å². The van der Waals surface area contributed by atoms with E-state index in [1.54, 1.807) is 36.9 Å². The van der Waals surface area contributed by atoms with Crippen LogP contribution in [0.25, 0.3) is 12.2 Å². The van der Waals surface area contributed by atoms with Gasteiger partial charge in [-0.1, -0.05) is 0 Å². The Hall–Kier alpha value is -3.22. The highest BCUT2D eigenvalue weighted by atomic mass is 16.6. The highest BCUT2D eigenvalue weighted by Gasteiger charge is 2.14. The summed E-state index contributed by atoms with van der Waals surface area (Å²) in [5, 5.41) is 0. The second-order valence-corrected chi connectivity index (χ2v) is 4.55. The van der Waals surface area contributed by atoms with Crippen molar-refractivity contribution in [2.45, 2.75) is 13.8 Å². The second-order valence-electron chi connectivity index (χ2n) is 4.55. The molecule has 7 nitrogen and oxygen atoms in total. The van der Waals surface area contributed by atoms with Gasteiger partial charge in [0.2, 0.25) is 0 Å². The molecule has 0 bridgehead atoms. The molecule has 7 heteroatoms. The van der Waals surface area contributed by atoms with Gasteiger partial charge in [-0.2, -0.15) is 0 Å². The zero-order valence-electron chi connectivity index (χ0n) is 12.6. The molecule has 116 valence electrons. The minimum atomic E-state index is -0.760. The Morgan fingerprint density at radius 1 is 0.783 bits per heavy atom. The van der Waals surface area contributed by atoms with Crippen LogP contribution >= 0.6 is 0 Å². The van der Waals surface area contributed by atoms with Crippen LogP contribution in [-0.2, 0) is 14.3 Å². The fourth-order valence-corrected chi connectivity index (χ4v) is 1.52. The first-order chi connectivity index (χ1) is 11.1. The number of carbonyl (C=O) groups is 2. The topological polar surface area (TPSA) is 94.9 Å². The predicted molar refractivity (Wildman–Crippen MR) is 82.5 cm³/mol. The molecule has 2 aromatic heterocycles. The molecule has 2 heterocycles. The molecule has 0 saturated carbocycles. The van der Waals surface area contributed by atoms with Crippen molar-refractivity contribution < 1.29 is 14.3 Å². The zero-order chi connectivity index (χ0) is 16.7. The van der Waals surface area contributed by atoms with Crippen molar-refractivity contribution in [3.8, 4) is 0 Å². The van der Waals surface area contributed by atoms with Crippen molar-refractivity contribution in [3.63, 3.8) is 0 Å². The number of rotatable bonds is 4. The van der Waals surface area contributed by atoms with Crippen LogP contribution in [0.15, 0.2) is 48.1 Å². The Bertz CT molecular complexity index is 690. The first kappa shape index (κ1) is 16.2. The summed E-state index contributed by atoms with van der Waals surface area (Å²) < 4.78 is 4.79. The maximum Gasteiger partial charge on any atom is 0.341 e. The van der Waals surface area contributed by atoms with Crippen LogP contribution in [0.2, 0.25) is 0 Å². The summed E-state index contributed by atoms with van der Waals surface area (Å²) in [6.45, 7) is 3.04. The van der Waals surface area contributed by atoms with E-state index in [-0.39, 0.29) is 11.1 Å². The van der Waals surface area contributed by atoms with E-state index >= 15 is 0 Å². The van der Waals surface area contributed by atoms with E-state index < -0.39 is 11.9 Å². The number of hydrogen-bond acceptors (Lipinski definition) is 7. The number of carbonyl (C=O) groups excluding carboxylic acids is 2. The maximum atomic E-state index is 11.9. The van der Waals surface area contributed by atoms with E-state index in [2.05, 4.69) is 19.9 Å². The summed E-state index contributed by atoms with van der Waals surface area (Å²) in [6, 6.07) is 3.32. The van der Waals surface area contributed by atoms with Gasteiger partial charge in [-0.05, 0) is 38.1 Å². The molecule has 0 amide bonds. The average molecular weight is 310 g/mol. The number of esters is 2. The number of hydrogen-bond donors (Lipinski definition) is 0. The molecule has 0 radical (unpaired) electrons. The standard InChI is InChI=1S/C16H14N4O3/c1-11(9-13-17-5-3-6-18-13)15(21)23-16(22)12(2)10-14-19-7-4-8-20-14/h3-10H,1-2H3/b11-9+,12-10+. The molecule has 0 saturated heterocycles. The van der Waals surface area contributed by atoms with E-state index in [9.17, 15) is 9.59 Å². The Morgan fingerprint density at radius 2 is 1.13 bits per heavy atom. The fraction of sp³-hybridized carbons (Fsp3) is 0.125. The third-order valence-corrected chi connectivity index (χ3v) is 2.69. The third-order valence-electron chi connectivity index (χ3n) is 2.69. The van der Waals surface area contributed by atoms with E-state index in [0.29, 0.717) is 11.6 Å². The average Bonchev–Trinajstić information content (AvgIpc) is 2.56. The zero-order valence-corrected chi connectivity index (χ0v) is 12.6. The molecule has 2 rings (SSSR count). The first-order valence-corrected chi connectivity index (χ1v) is 6.73. The van der Waals surface area contributed by atoms with Crippen LogP contribution in [-0.4, -0.2) is 31.9 Å². The van der Waals surface area contributed by atoms with E-state index in [1.807, 2.05) is 0 Å². The highest BCUT2D eigenvalue weighted by molar-refractivity contribution is 6.04. The van der Waals surface area contributed by atoms with Crippen LogP contribution in [0.4, 0.5) is 0 Å². The van der Waals surface area contributed by atoms with Gasteiger partial charge < -0.3 is 4.74 Å². The Kier molecular flexibility index (Phi) is 5.40. The highest BCUT2D eigenvalue weighted by Crippen LogP contribution is 2.07. The Balaban J connectivity index is 2.03. The summed E-state index contributed by atoms with van der Waals surface area (Å²) >= 11 is 0. The van der Waals surface area contributed by atoms with Crippen LogP contribution in [0.3, 0.4) is 0 Å². The summed E-state index contributed by atoms with van der Waals surface area (Å²) in [5.41, 5.74) is 0.432. The molecule has 0 spiro atoms. The van der Waals surface area contributed by atoms with Crippen molar-refractivity contribution in [2.75, 3.05) is 0 Å². The molecular formula is C16H14N4O3. The lowest BCUT2D eigenvalue weighted by molar-refractivity contribution is -0.153. The molecular weight excluding hydrogens is 296 g/mol. The minimum absolute atomic E-state index is 0.216. The molecule has 23 heavy (non-hydrogen) atoms. The summed E-state index contributed by atoms with van der Waals surface area (Å²) in [6.07, 6.45) is 9.08. The van der Waals surface area contributed by atoms with Crippen molar-refractivity contribution in [1.82, 2.24) is 19.9 Å². The van der Waals surface area contributed by atoms with Crippen molar-refractivity contribution in [2.24, 2.45) is 0 Å². The minimum Gasteiger partial charge on any atom is -0.386 e. The predicted octanol–water partition coefficient (Wildman–Crippen LogP) is 1.84. The molecule has 0 fully saturated rings. The molecule has 0 aliphatic rings. The lowest BCUT2D eigenvalue weighted by atomic mass is 10.2. The maximum absolute atomic E-state index is 11.9. The van der Waals surface area contributed by atoms with Gasteiger partial charge in [0.25, 0.3) is 0 Å². The van der Waals surface area contributed by atoms with Crippen LogP contribution in [0.5, 0.6) is 0 Å². The summed E-state index contributed by atoms with van der Waals surface area (Å²) in [5.74, 6) is -0.799. The van der Waals surface area contributed by atoms with Crippen LogP contribution < -0.4 is 0 Å². The Labute approximate surface area is 132 Å². The SMILES string of the molecule is C/C(=C\c1ncccn1)C(=O)OC(=O)/C(C)=C/c1ncccn1. The van der Waals surface area contributed by atoms with Crippen molar-refractivity contribution in [1.29, 1.82) is 0 Å². The lowest BCUT2D eigenvalue weighted by Crippen LogP contribution is -2.14. The normalized spacial score (nSPS) is 11.9. The van der Waals surface area contributed by atoms with Crippen molar-refractivity contribution >= 4 is 24.1 Å². The molecule has 0 aliphatic carbocycles. The van der Waals surface area contributed by atoms with Gasteiger partial charge in [0.15, 0.2) is 11.6 Å². The van der Waals surface area contributed by atoms with Crippen LogP contribution in [0.1, 0.15) is 25.5 Å². The quantitative estimate of drug-likeness (QED) is 0.483. The number of aromatic nitrogens is 4. The Morgan fingerprint density at radius 3 is 1.48 bits per heavy atom. The van der Waals surface area contributed by atoms with E-state index in [0.717, 1.165) is 0 Å². The third kappa shape index (κ3) is 4.92. The molecule has 0 atom stereocenters. The van der Waals surface area contributed by atoms with Gasteiger partial charge in [-0.3, -0.25) is 0 Å². The summed E-state index contributed by atoms with van der Waals surface area (Å²) in [7, 11) is 0. The van der Waals surface area contributed by atoms with E-state index in [4.69, 9.17) is 4.74 Å². The largest absolute Gasteiger partial charge is 0.386 e. The van der Waals surface area contributed by atoms with Gasteiger partial charge >= 0.3 is 11.9 Å². The van der Waals surface area contributed by atoms with Gasteiger partial charge in [0.1, 0.15) is 0 Å². The van der Waals surface area contributed by atoms with Crippen LogP contribution in [0, 0.1) is 0 Å². The van der Waals surface area contributed by atoms with Gasteiger partial charge in [0, 0.05) is 35.9 Å². The second kappa shape index (κ2) is 7.69. The van der Waals surface area contributed by atoms with Gasteiger partial charge in [-0.15, -0.1) is 0 Å². The smallest absolute Gasteiger partial charge is 0.341 e. The molecule has 2 aromatic rings. The number of ether oxygens (including phenoxy) is 1. The first-order valence-electron chi connectivity index (χ1n) is 6.73. The molecule has 0 aromatic carbocycles. The molecule has 0 N–H and O–H groups in total. The van der Waals surface area contributed by atoms with Gasteiger partial charge in [0.05, 0.1) is 0 Å². The number of nitrogens with zero attached hydrogens (tertiary/aromatic N) is 4. The van der Waals surface area contributed by atoms with E-state index in [1.165, 1.54) is 26.0 Å². The van der Waals surface area contributed by atoms with Crippen molar-refractivity contribution in [3.05, 3.63) is 59.7 Å². The lowest BCUT2D eigenvalue weighted by Gasteiger charge is -2.03. The monoisotopic (exact) mass is 310 g/mol. The fourth-order valence-electron chi connectivity index (χ4n) is 1.52. The summed E-state index contributed by atoms with van der Waals surface area (Å²) in [4.78, 5) is 39.6. The molecule has 0 aliphatic heterocycles.